The van der Waals surface area contributed by atoms with E-state index in [1.807, 2.05) is 6.92 Å². The summed E-state index contributed by atoms with van der Waals surface area (Å²) in [7, 11) is -1.92. The van der Waals surface area contributed by atoms with E-state index in [0.717, 1.165) is 5.69 Å². The van der Waals surface area contributed by atoms with Crippen LogP contribution in [0, 0.1) is 6.92 Å². The summed E-state index contributed by atoms with van der Waals surface area (Å²) >= 11 is 0. The first-order valence-corrected chi connectivity index (χ1v) is 7.45. The molecule has 2 aromatic heterocycles. The highest BCUT2D eigenvalue weighted by atomic mass is 32.2. The van der Waals surface area contributed by atoms with Gasteiger partial charge in [0.05, 0.1) is 30.3 Å². The number of H-pyrrole nitrogens is 1. The summed E-state index contributed by atoms with van der Waals surface area (Å²) in [6, 6.07) is 0. The zero-order valence-corrected chi connectivity index (χ0v) is 12.0. The third kappa shape index (κ3) is 3.38. The van der Waals surface area contributed by atoms with Crippen molar-refractivity contribution in [1.82, 2.24) is 30.2 Å². The second kappa shape index (κ2) is 6.07. The van der Waals surface area contributed by atoms with Gasteiger partial charge in [0.2, 0.25) is 0 Å². The van der Waals surface area contributed by atoms with E-state index in [4.69, 9.17) is 0 Å². The normalized spacial score (nSPS) is 11.7. The maximum Gasteiger partial charge on any atom is 0.258 e. The molecule has 8 nitrogen and oxygen atoms in total. The molecule has 0 aliphatic heterocycles. The number of sulfonamides is 1. The summed E-state index contributed by atoms with van der Waals surface area (Å²) in [6.07, 6.45) is 4.61. The number of rotatable bonds is 6. The average Bonchev–Trinajstić information content (AvgIpc) is 2.88. The van der Waals surface area contributed by atoms with E-state index in [1.54, 1.807) is 19.4 Å². The predicted molar refractivity (Wildman–Crippen MR) is 72.1 cm³/mol. The van der Waals surface area contributed by atoms with Crippen LogP contribution in [-0.2, 0) is 23.1 Å². The molecule has 0 fully saturated rings. The molecule has 3 N–H and O–H groups in total. The van der Waals surface area contributed by atoms with Gasteiger partial charge in [-0.2, -0.15) is 5.10 Å². The Kier molecular flexibility index (Phi) is 4.42. The van der Waals surface area contributed by atoms with Gasteiger partial charge >= 0.3 is 0 Å². The Morgan fingerprint density at radius 1 is 1.20 bits per heavy atom. The standard InChI is InChI=1S/C11H16N6O2S/c1-8-3-14-10(6-13-8)7-16-20(18,19)11-9(4-12-2)5-15-17-11/h3,5-6,12,16H,4,7H2,1-2H3,(H,15,17). The number of aryl methyl sites for hydroxylation is 1. The minimum Gasteiger partial charge on any atom is -0.316 e. The van der Waals surface area contributed by atoms with Gasteiger partial charge in [-0.05, 0) is 14.0 Å². The lowest BCUT2D eigenvalue weighted by Crippen LogP contribution is -2.25. The number of hydrogen-bond acceptors (Lipinski definition) is 6. The van der Waals surface area contributed by atoms with Crippen LogP contribution in [0.1, 0.15) is 17.0 Å². The van der Waals surface area contributed by atoms with Crippen molar-refractivity contribution in [3.8, 4) is 0 Å². The maximum atomic E-state index is 12.2. The first-order valence-electron chi connectivity index (χ1n) is 5.97. The summed E-state index contributed by atoms with van der Waals surface area (Å²) < 4.78 is 26.8. The molecule has 0 amide bonds. The summed E-state index contributed by atoms with van der Waals surface area (Å²) in [6.45, 7) is 2.31. The summed E-state index contributed by atoms with van der Waals surface area (Å²) in [5.41, 5.74) is 1.91. The van der Waals surface area contributed by atoms with E-state index in [2.05, 4.69) is 30.2 Å². The molecular formula is C11H16N6O2S. The third-order valence-electron chi connectivity index (χ3n) is 2.59. The molecule has 20 heavy (non-hydrogen) atoms. The second-order valence-electron chi connectivity index (χ2n) is 4.23. The van der Waals surface area contributed by atoms with Crippen LogP contribution in [0.3, 0.4) is 0 Å². The largest absolute Gasteiger partial charge is 0.316 e. The van der Waals surface area contributed by atoms with Crippen LogP contribution in [0.5, 0.6) is 0 Å². The highest BCUT2D eigenvalue weighted by Gasteiger charge is 2.20. The van der Waals surface area contributed by atoms with Crippen LogP contribution in [-0.4, -0.2) is 35.6 Å². The summed E-state index contributed by atoms with van der Waals surface area (Å²) in [5, 5.41) is 9.21. The Morgan fingerprint density at radius 3 is 2.65 bits per heavy atom. The molecule has 108 valence electrons. The third-order valence-corrected chi connectivity index (χ3v) is 4.01. The van der Waals surface area contributed by atoms with Crippen LogP contribution < -0.4 is 10.0 Å². The molecule has 0 unspecified atom stereocenters. The van der Waals surface area contributed by atoms with Gasteiger partial charge in [-0.3, -0.25) is 15.1 Å². The monoisotopic (exact) mass is 296 g/mol. The predicted octanol–water partition coefficient (Wildman–Crippen LogP) is -0.294. The first-order chi connectivity index (χ1) is 9.53. The lowest BCUT2D eigenvalue weighted by atomic mass is 10.4. The van der Waals surface area contributed by atoms with Crippen molar-refractivity contribution < 1.29 is 8.42 Å². The Balaban J connectivity index is 2.11. The zero-order valence-electron chi connectivity index (χ0n) is 11.2. The zero-order chi connectivity index (χ0) is 14.6. The van der Waals surface area contributed by atoms with E-state index in [-0.39, 0.29) is 11.6 Å². The van der Waals surface area contributed by atoms with Gasteiger partial charge in [0.15, 0.2) is 5.03 Å². The molecule has 0 aromatic carbocycles. The van der Waals surface area contributed by atoms with Crippen molar-refractivity contribution in [3.05, 3.63) is 35.5 Å². The molecule has 0 saturated heterocycles. The number of aromatic amines is 1. The van der Waals surface area contributed by atoms with Crippen LogP contribution in [0.15, 0.2) is 23.6 Å². The van der Waals surface area contributed by atoms with Crippen molar-refractivity contribution in [1.29, 1.82) is 0 Å². The van der Waals surface area contributed by atoms with Gasteiger partial charge in [0, 0.05) is 18.3 Å². The molecule has 0 aliphatic rings. The van der Waals surface area contributed by atoms with Gasteiger partial charge in [-0.1, -0.05) is 0 Å². The molecule has 0 aliphatic carbocycles. The van der Waals surface area contributed by atoms with Crippen molar-refractivity contribution in [2.45, 2.75) is 25.0 Å². The van der Waals surface area contributed by atoms with Crippen molar-refractivity contribution >= 4 is 10.0 Å². The lowest BCUT2D eigenvalue weighted by Gasteiger charge is -2.06. The molecule has 2 rings (SSSR count). The molecular weight excluding hydrogens is 280 g/mol. The van der Waals surface area contributed by atoms with Crippen molar-refractivity contribution in [3.63, 3.8) is 0 Å². The van der Waals surface area contributed by atoms with E-state index < -0.39 is 10.0 Å². The van der Waals surface area contributed by atoms with E-state index in [1.165, 1.54) is 6.20 Å². The number of aromatic nitrogens is 4. The number of nitrogens with zero attached hydrogens (tertiary/aromatic N) is 3. The molecule has 0 radical (unpaired) electrons. The van der Waals surface area contributed by atoms with Crippen molar-refractivity contribution in [2.24, 2.45) is 0 Å². The fourth-order valence-electron chi connectivity index (χ4n) is 1.60. The first kappa shape index (κ1) is 14.6. The molecule has 9 heteroatoms. The molecule has 2 heterocycles. The van der Waals surface area contributed by atoms with Crippen LogP contribution in [0.25, 0.3) is 0 Å². The minimum atomic E-state index is -3.65. The highest BCUT2D eigenvalue weighted by Crippen LogP contribution is 2.11. The van der Waals surface area contributed by atoms with Gasteiger partial charge < -0.3 is 5.32 Å². The molecule has 0 bridgehead atoms. The second-order valence-corrected chi connectivity index (χ2v) is 5.93. The molecule has 0 atom stereocenters. The fraction of sp³-hybridized carbons (Fsp3) is 0.364. The number of hydrogen-bond donors (Lipinski definition) is 3. The van der Waals surface area contributed by atoms with Gasteiger partial charge in [0.1, 0.15) is 0 Å². The highest BCUT2D eigenvalue weighted by molar-refractivity contribution is 7.89. The van der Waals surface area contributed by atoms with Crippen molar-refractivity contribution in [2.75, 3.05) is 7.05 Å². The summed E-state index contributed by atoms with van der Waals surface area (Å²) in [4.78, 5) is 8.16. The maximum absolute atomic E-state index is 12.2. The lowest BCUT2D eigenvalue weighted by molar-refractivity contribution is 0.574. The van der Waals surface area contributed by atoms with Gasteiger partial charge in [0.25, 0.3) is 10.0 Å². The number of nitrogens with one attached hydrogen (secondary N) is 3. The fourth-order valence-corrected chi connectivity index (χ4v) is 2.73. The minimum absolute atomic E-state index is 0.0620. The summed E-state index contributed by atoms with van der Waals surface area (Å²) in [5.74, 6) is 0. The average molecular weight is 296 g/mol. The smallest absolute Gasteiger partial charge is 0.258 e. The van der Waals surface area contributed by atoms with E-state index in [9.17, 15) is 8.42 Å². The Labute approximate surface area is 117 Å². The van der Waals surface area contributed by atoms with Gasteiger partial charge in [-0.25, -0.2) is 13.1 Å². The van der Waals surface area contributed by atoms with Crippen LogP contribution >= 0.6 is 0 Å². The van der Waals surface area contributed by atoms with Gasteiger partial charge in [-0.15, -0.1) is 0 Å². The Morgan fingerprint density at radius 2 is 2.00 bits per heavy atom. The Bertz CT molecular complexity index is 664. The van der Waals surface area contributed by atoms with E-state index >= 15 is 0 Å². The SMILES string of the molecule is CNCc1cn[nH]c1S(=O)(=O)NCc1cnc(C)cn1. The van der Waals surface area contributed by atoms with Crippen LogP contribution in [0.4, 0.5) is 0 Å². The molecule has 0 saturated carbocycles. The van der Waals surface area contributed by atoms with E-state index in [0.29, 0.717) is 17.8 Å². The Hall–Kier alpha value is -1.84. The quantitative estimate of drug-likeness (QED) is 0.675. The molecule has 2 aromatic rings. The van der Waals surface area contributed by atoms with Crippen LogP contribution in [0.2, 0.25) is 0 Å². The molecule has 0 spiro atoms. The topological polar surface area (TPSA) is 113 Å².